The van der Waals surface area contributed by atoms with E-state index < -0.39 is 23.4 Å². The second-order valence-corrected chi connectivity index (χ2v) is 5.41. The fourth-order valence-electron chi connectivity index (χ4n) is 2.39. The number of benzene rings is 1. The van der Waals surface area contributed by atoms with Gasteiger partial charge in [-0.05, 0) is 31.7 Å². The lowest BCUT2D eigenvalue weighted by Gasteiger charge is -2.30. The third kappa shape index (κ3) is 5.53. The molecule has 1 unspecified atom stereocenters. The van der Waals surface area contributed by atoms with Crippen molar-refractivity contribution in [1.29, 1.82) is 0 Å². The Labute approximate surface area is 141 Å². The summed E-state index contributed by atoms with van der Waals surface area (Å²) in [5.74, 6) is -3.32. The molecule has 0 aliphatic carbocycles. The highest BCUT2D eigenvalue weighted by Crippen LogP contribution is 2.21. The van der Waals surface area contributed by atoms with E-state index in [1.807, 2.05) is 6.07 Å². The van der Waals surface area contributed by atoms with Crippen LogP contribution in [0.5, 0.6) is 0 Å². The number of hydrogen-bond acceptors (Lipinski definition) is 4. The Kier molecular flexibility index (Phi) is 7.68. The fourth-order valence-corrected chi connectivity index (χ4v) is 2.39. The lowest BCUT2D eigenvalue weighted by Crippen LogP contribution is -2.58. The number of ether oxygens (including phenoxy) is 1. The zero-order valence-electron chi connectivity index (χ0n) is 13.8. The Bertz CT molecular complexity index is 584. The molecule has 6 nitrogen and oxygen atoms in total. The van der Waals surface area contributed by atoms with Gasteiger partial charge in [0.15, 0.2) is 0 Å². The molecule has 0 saturated heterocycles. The van der Waals surface area contributed by atoms with Crippen molar-refractivity contribution in [3.05, 3.63) is 48.6 Å². The Hall–Kier alpha value is -2.63. The molecule has 0 aliphatic heterocycles. The molecule has 0 spiro atoms. The number of hydrogen-bond donors (Lipinski definition) is 2. The second-order valence-electron chi connectivity index (χ2n) is 5.41. The summed E-state index contributed by atoms with van der Waals surface area (Å²) in [7, 11) is 0. The van der Waals surface area contributed by atoms with Crippen molar-refractivity contribution in [3.63, 3.8) is 0 Å². The smallest absolute Gasteiger partial charge is 0.396 e. The Balaban J connectivity index is 3.06. The molecule has 130 valence electrons. The third-order valence-corrected chi connectivity index (χ3v) is 3.58. The van der Waals surface area contributed by atoms with Gasteiger partial charge >= 0.3 is 17.8 Å². The normalized spacial score (nSPS) is 12.7. The SMILES string of the molecule is C=CCCCC(Cc1ccccc1)(NC(=O)C(=O)OCC)C(=O)O. The molecule has 0 aromatic heterocycles. The number of amides is 1. The summed E-state index contributed by atoms with van der Waals surface area (Å²) >= 11 is 0. The van der Waals surface area contributed by atoms with Crippen molar-refractivity contribution in [2.24, 2.45) is 0 Å². The van der Waals surface area contributed by atoms with Crippen molar-refractivity contribution in [1.82, 2.24) is 5.32 Å². The first-order chi connectivity index (χ1) is 11.4. The van der Waals surface area contributed by atoms with Gasteiger partial charge in [-0.3, -0.25) is 4.79 Å². The van der Waals surface area contributed by atoms with E-state index >= 15 is 0 Å². The van der Waals surface area contributed by atoms with Gasteiger partial charge < -0.3 is 15.2 Å². The molecule has 1 aromatic carbocycles. The summed E-state index contributed by atoms with van der Waals surface area (Å²) in [4.78, 5) is 35.5. The van der Waals surface area contributed by atoms with Crippen molar-refractivity contribution >= 4 is 17.8 Å². The maximum Gasteiger partial charge on any atom is 0.396 e. The number of carboxylic acid groups (broad SMARTS) is 1. The molecule has 0 fully saturated rings. The molecule has 0 aliphatic rings. The molecule has 0 heterocycles. The minimum atomic E-state index is -1.58. The van der Waals surface area contributed by atoms with Crippen LogP contribution < -0.4 is 5.32 Å². The minimum absolute atomic E-state index is 0.0431. The van der Waals surface area contributed by atoms with E-state index in [-0.39, 0.29) is 19.4 Å². The van der Waals surface area contributed by atoms with E-state index in [1.54, 1.807) is 37.3 Å². The van der Waals surface area contributed by atoms with Gasteiger partial charge in [-0.25, -0.2) is 9.59 Å². The number of allylic oxidation sites excluding steroid dienone is 1. The van der Waals surface area contributed by atoms with Gasteiger partial charge in [0.05, 0.1) is 6.61 Å². The van der Waals surface area contributed by atoms with E-state index in [9.17, 15) is 19.5 Å². The standard InChI is InChI=1S/C18H23NO5/c1-3-5-9-12-18(17(22)23,13-14-10-7-6-8-11-14)19-15(20)16(21)24-4-2/h3,6-8,10-11H,1,4-5,9,12-13H2,2H3,(H,19,20)(H,22,23). The van der Waals surface area contributed by atoms with Crippen molar-refractivity contribution in [3.8, 4) is 0 Å². The average Bonchev–Trinajstić information content (AvgIpc) is 2.55. The first-order valence-electron chi connectivity index (χ1n) is 7.82. The number of rotatable bonds is 9. The van der Waals surface area contributed by atoms with Crippen LogP contribution in [0, 0.1) is 0 Å². The quantitative estimate of drug-likeness (QED) is 0.312. The number of nitrogens with one attached hydrogen (secondary N) is 1. The van der Waals surface area contributed by atoms with Crippen LogP contribution in [0.3, 0.4) is 0 Å². The van der Waals surface area contributed by atoms with Crippen molar-refractivity contribution in [2.45, 2.75) is 38.1 Å². The minimum Gasteiger partial charge on any atom is -0.479 e. The number of carbonyl (C=O) groups is 3. The summed E-state index contributed by atoms with van der Waals surface area (Å²) in [6.45, 7) is 5.23. The van der Waals surface area contributed by atoms with E-state index in [0.717, 1.165) is 5.56 Å². The number of aliphatic carboxylic acids is 1. The molecule has 0 saturated carbocycles. The lowest BCUT2D eigenvalue weighted by molar-refractivity contribution is -0.158. The van der Waals surface area contributed by atoms with Gasteiger partial charge in [-0.15, -0.1) is 6.58 Å². The largest absolute Gasteiger partial charge is 0.479 e. The second kappa shape index (κ2) is 9.50. The molecular weight excluding hydrogens is 310 g/mol. The van der Waals surface area contributed by atoms with Crippen LogP contribution in [0.4, 0.5) is 0 Å². The number of unbranched alkanes of at least 4 members (excludes halogenated alkanes) is 1. The van der Waals surface area contributed by atoms with E-state index in [1.165, 1.54) is 0 Å². The third-order valence-electron chi connectivity index (χ3n) is 3.58. The summed E-state index contributed by atoms with van der Waals surface area (Å²) < 4.78 is 4.65. The predicted molar refractivity (Wildman–Crippen MR) is 89.3 cm³/mol. The summed E-state index contributed by atoms with van der Waals surface area (Å²) in [6.07, 6.45) is 3.06. The van der Waals surface area contributed by atoms with Gasteiger partial charge in [0, 0.05) is 6.42 Å². The monoisotopic (exact) mass is 333 g/mol. The highest BCUT2D eigenvalue weighted by atomic mass is 16.5. The van der Waals surface area contributed by atoms with Gasteiger partial charge in [-0.2, -0.15) is 0 Å². The molecule has 6 heteroatoms. The van der Waals surface area contributed by atoms with Crippen LogP contribution in [-0.2, 0) is 25.5 Å². The Morgan fingerprint density at radius 1 is 1.29 bits per heavy atom. The van der Waals surface area contributed by atoms with Crippen LogP contribution >= 0.6 is 0 Å². The summed E-state index contributed by atoms with van der Waals surface area (Å²) in [5.41, 5.74) is -0.823. The first kappa shape index (κ1) is 19.4. The first-order valence-corrected chi connectivity index (χ1v) is 7.82. The zero-order chi connectivity index (χ0) is 18.0. The molecule has 0 radical (unpaired) electrons. The molecule has 1 aromatic rings. The fraction of sp³-hybridized carbons (Fsp3) is 0.389. The maximum atomic E-state index is 12.0. The molecule has 2 N–H and O–H groups in total. The van der Waals surface area contributed by atoms with Crippen LogP contribution in [0.15, 0.2) is 43.0 Å². The highest BCUT2D eigenvalue weighted by Gasteiger charge is 2.41. The average molecular weight is 333 g/mol. The Morgan fingerprint density at radius 2 is 1.96 bits per heavy atom. The number of carboxylic acids is 1. The zero-order valence-corrected chi connectivity index (χ0v) is 13.8. The van der Waals surface area contributed by atoms with Gasteiger partial charge in [0.1, 0.15) is 5.54 Å². The van der Waals surface area contributed by atoms with E-state index in [0.29, 0.717) is 12.8 Å². The van der Waals surface area contributed by atoms with Crippen molar-refractivity contribution < 1.29 is 24.2 Å². The molecular formula is C18H23NO5. The molecule has 24 heavy (non-hydrogen) atoms. The predicted octanol–water partition coefficient (Wildman–Crippen LogP) is 2.09. The van der Waals surface area contributed by atoms with Crippen molar-refractivity contribution in [2.75, 3.05) is 6.61 Å². The van der Waals surface area contributed by atoms with Crippen LogP contribution in [0.1, 0.15) is 31.7 Å². The van der Waals surface area contributed by atoms with Crippen LogP contribution in [0.2, 0.25) is 0 Å². The molecule has 1 rings (SSSR count). The van der Waals surface area contributed by atoms with E-state index in [2.05, 4.69) is 16.6 Å². The van der Waals surface area contributed by atoms with Gasteiger partial charge in [-0.1, -0.05) is 36.4 Å². The van der Waals surface area contributed by atoms with Gasteiger partial charge in [0.2, 0.25) is 0 Å². The van der Waals surface area contributed by atoms with E-state index in [4.69, 9.17) is 0 Å². The highest BCUT2D eigenvalue weighted by molar-refractivity contribution is 6.33. The van der Waals surface area contributed by atoms with Crippen LogP contribution in [0.25, 0.3) is 0 Å². The maximum absolute atomic E-state index is 12.0. The number of carbonyl (C=O) groups excluding carboxylic acids is 2. The number of esters is 1. The molecule has 1 atom stereocenters. The summed E-state index contributed by atoms with van der Waals surface area (Å²) in [5, 5.41) is 12.1. The Morgan fingerprint density at radius 3 is 2.50 bits per heavy atom. The lowest BCUT2D eigenvalue weighted by atomic mass is 9.85. The molecule has 0 bridgehead atoms. The summed E-state index contributed by atoms with van der Waals surface area (Å²) in [6, 6.07) is 8.96. The molecule has 1 amide bonds. The van der Waals surface area contributed by atoms with Crippen LogP contribution in [-0.4, -0.2) is 35.1 Å². The van der Waals surface area contributed by atoms with Gasteiger partial charge in [0.25, 0.3) is 0 Å². The topological polar surface area (TPSA) is 92.7 Å².